The van der Waals surface area contributed by atoms with Crippen molar-refractivity contribution in [3.05, 3.63) is 35.4 Å². The third-order valence-electron chi connectivity index (χ3n) is 9.87. The Labute approximate surface area is 246 Å². The highest BCUT2D eigenvalue weighted by molar-refractivity contribution is 5.83. The van der Waals surface area contributed by atoms with Crippen LogP contribution in [0.5, 0.6) is 0 Å². The molecule has 0 bridgehead atoms. The molecule has 0 spiro atoms. The summed E-state index contributed by atoms with van der Waals surface area (Å²) in [5, 5.41) is 0. The molecule has 4 rings (SSSR count). The third kappa shape index (κ3) is 6.79. The van der Waals surface area contributed by atoms with E-state index in [1.54, 1.807) is 0 Å². The molecule has 1 aromatic rings. The number of carbonyl (C=O) groups excluding carboxylic acids is 2. The van der Waals surface area contributed by atoms with Crippen molar-refractivity contribution < 1.29 is 18.4 Å². The van der Waals surface area contributed by atoms with Crippen molar-refractivity contribution in [3.8, 4) is 0 Å². The number of rotatable bonds is 5. The van der Waals surface area contributed by atoms with E-state index in [4.69, 9.17) is 5.73 Å². The molecule has 6 nitrogen and oxygen atoms in total. The van der Waals surface area contributed by atoms with Crippen LogP contribution in [0.3, 0.4) is 0 Å². The summed E-state index contributed by atoms with van der Waals surface area (Å²) in [7, 11) is 0. The lowest BCUT2D eigenvalue weighted by molar-refractivity contribution is -0.147. The van der Waals surface area contributed by atoms with Gasteiger partial charge < -0.3 is 15.5 Å². The zero-order valence-electron chi connectivity index (χ0n) is 26.5. The highest BCUT2D eigenvalue weighted by atomic mass is 19.1. The zero-order chi connectivity index (χ0) is 30.5. The quantitative estimate of drug-likeness (QED) is 0.501. The molecule has 3 aliphatic rings. The Balaban J connectivity index is 1.63. The number of amides is 2. The molecule has 2 saturated heterocycles. The fourth-order valence-electron chi connectivity index (χ4n) is 7.20. The maximum atomic E-state index is 15.1. The van der Waals surface area contributed by atoms with Gasteiger partial charge >= 0.3 is 0 Å². The summed E-state index contributed by atoms with van der Waals surface area (Å²) in [4.78, 5) is 34.5. The third-order valence-corrected chi connectivity index (χ3v) is 9.87. The second-order valence-corrected chi connectivity index (χ2v) is 15.6. The van der Waals surface area contributed by atoms with Gasteiger partial charge in [-0.05, 0) is 69.9 Å². The summed E-state index contributed by atoms with van der Waals surface area (Å²) in [6.45, 7) is 18.5. The van der Waals surface area contributed by atoms with E-state index < -0.39 is 28.9 Å². The van der Waals surface area contributed by atoms with Gasteiger partial charge in [-0.3, -0.25) is 14.5 Å². The van der Waals surface area contributed by atoms with E-state index in [0.717, 1.165) is 31.7 Å². The predicted molar refractivity (Wildman–Crippen MR) is 159 cm³/mol. The molecule has 2 aliphatic heterocycles. The Morgan fingerprint density at radius 3 is 2.17 bits per heavy atom. The molecule has 1 saturated carbocycles. The van der Waals surface area contributed by atoms with Gasteiger partial charge in [-0.25, -0.2) is 8.78 Å². The van der Waals surface area contributed by atoms with Crippen molar-refractivity contribution in [2.24, 2.45) is 22.5 Å². The normalized spacial score (nSPS) is 27.8. The minimum atomic E-state index is -0.625. The van der Waals surface area contributed by atoms with E-state index in [1.165, 1.54) is 12.1 Å². The van der Waals surface area contributed by atoms with Crippen molar-refractivity contribution in [2.75, 3.05) is 26.2 Å². The second-order valence-electron chi connectivity index (χ2n) is 15.6. The van der Waals surface area contributed by atoms with Gasteiger partial charge in [0.05, 0.1) is 12.0 Å². The summed E-state index contributed by atoms with van der Waals surface area (Å²) in [6, 6.07) is 3.53. The molecule has 2 amide bonds. The van der Waals surface area contributed by atoms with Crippen LogP contribution in [0.15, 0.2) is 18.2 Å². The molecule has 4 atom stereocenters. The topological polar surface area (TPSA) is 69.9 Å². The molecular formula is C33H52F2N4O2. The number of benzene rings is 1. The Morgan fingerprint density at radius 2 is 1.63 bits per heavy atom. The molecule has 2 heterocycles. The molecule has 3 fully saturated rings. The van der Waals surface area contributed by atoms with Gasteiger partial charge in [-0.1, -0.05) is 40.7 Å². The van der Waals surface area contributed by atoms with Crippen molar-refractivity contribution in [1.82, 2.24) is 14.7 Å². The Morgan fingerprint density at radius 1 is 1.00 bits per heavy atom. The van der Waals surface area contributed by atoms with Crippen LogP contribution >= 0.6 is 0 Å². The average Bonchev–Trinajstić information content (AvgIpc) is 3.49. The van der Waals surface area contributed by atoms with Gasteiger partial charge in [0.2, 0.25) is 11.8 Å². The van der Waals surface area contributed by atoms with E-state index in [2.05, 4.69) is 44.4 Å². The number of carbonyl (C=O) groups is 2. The fraction of sp³-hybridized carbons (Fsp3) is 0.758. The number of hydrogen-bond donors (Lipinski definition) is 1. The molecule has 230 valence electrons. The lowest BCUT2D eigenvalue weighted by Crippen LogP contribution is -2.54. The molecule has 1 unspecified atom stereocenters. The van der Waals surface area contributed by atoms with E-state index in [0.29, 0.717) is 38.2 Å². The SMILES string of the molecule is CC1(C)CCC(N(C(=O)C(C)(C)C)[C@H]2C[C@@H](CN)N(C(=O)C3CN(C(C)(C)C)C[C@@H]3c3ccc(F)cc3F)C2)CC1. The van der Waals surface area contributed by atoms with Gasteiger partial charge in [0.1, 0.15) is 11.6 Å². The minimum absolute atomic E-state index is 0.0450. The van der Waals surface area contributed by atoms with Gasteiger partial charge in [0.15, 0.2) is 0 Å². The van der Waals surface area contributed by atoms with Crippen LogP contribution in [0.1, 0.15) is 99.0 Å². The van der Waals surface area contributed by atoms with Crippen molar-refractivity contribution in [1.29, 1.82) is 0 Å². The second kappa shape index (κ2) is 11.6. The highest BCUT2D eigenvalue weighted by Crippen LogP contribution is 2.42. The van der Waals surface area contributed by atoms with Crippen LogP contribution in [0.25, 0.3) is 0 Å². The lowest BCUT2D eigenvalue weighted by Gasteiger charge is -2.45. The minimum Gasteiger partial charge on any atom is -0.336 e. The molecule has 41 heavy (non-hydrogen) atoms. The molecule has 2 N–H and O–H groups in total. The van der Waals surface area contributed by atoms with Crippen LogP contribution < -0.4 is 5.73 Å². The Kier molecular flexibility index (Phi) is 8.98. The van der Waals surface area contributed by atoms with Gasteiger partial charge in [-0.2, -0.15) is 0 Å². The monoisotopic (exact) mass is 574 g/mol. The van der Waals surface area contributed by atoms with E-state index >= 15 is 4.39 Å². The summed E-state index contributed by atoms with van der Waals surface area (Å²) in [5.41, 5.74) is 6.18. The zero-order valence-corrected chi connectivity index (χ0v) is 26.5. The first-order valence-corrected chi connectivity index (χ1v) is 15.5. The lowest BCUT2D eigenvalue weighted by atomic mass is 9.74. The van der Waals surface area contributed by atoms with Gasteiger partial charge in [0, 0.05) is 61.2 Å². The van der Waals surface area contributed by atoms with Crippen LogP contribution in [-0.4, -0.2) is 76.4 Å². The Hall–Kier alpha value is -2.06. The van der Waals surface area contributed by atoms with Crippen molar-refractivity contribution >= 4 is 11.8 Å². The molecule has 8 heteroatoms. The molecule has 0 aromatic heterocycles. The number of halogens is 2. The standard InChI is InChI=1S/C33H52F2N4O2/c1-31(2,3)30(41)39(22-11-13-33(7,8)14-12-22)24-16-23(17-36)38(18-24)29(40)27-20-37(32(4,5)6)19-26(27)25-10-9-21(34)15-28(25)35/h9-10,15,22-24,26-27H,11-14,16-20,36H2,1-8H3/t23-,24-,26+,27?/m0/s1. The summed E-state index contributed by atoms with van der Waals surface area (Å²) >= 11 is 0. The first-order chi connectivity index (χ1) is 18.9. The van der Waals surface area contributed by atoms with E-state index in [9.17, 15) is 14.0 Å². The van der Waals surface area contributed by atoms with Gasteiger partial charge in [-0.15, -0.1) is 0 Å². The molecule has 1 aliphatic carbocycles. The number of nitrogens with zero attached hydrogens (tertiary/aromatic N) is 3. The van der Waals surface area contributed by atoms with E-state index in [1.807, 2.05) is 25.7 Å². The smallest absolute Gasteiger partial charge is 0.228 e. The van der Waals surface area contributed by atoms with Crippen LogP contribution in [0.4, 0.5) is 8.78 Å². The predicted octanol–water partition coefficient (Wildman–Crippen LogP) is 5.55. The Bertz CT molecular complexity index is 1120. The van der Waals surface area contributed by atoms with Crippen LogP contribution in [-0.2, 0) is 9.59 Å². The molecular weight excluding hydrogens is 522 g/mol. The van der Waals surface area contributed by atoms with Crippen LogP contribution in [0, 0.1) is 28.4 Å². The molecule has 1 aromatic carbocycles. The maximum Gasteiger partial charge on any atom is 0.228 e. The average molecular weight is 575 g/mol. The van der Waals surface area contributed by atoms with Gasteiger partial charge in [0.25, 0.3) is 0 Å². The molecule has 0 radical (unpaired) electrons. The highest BCUT2D eigenvalue weighted by Gasteiger charge is 2.49. The van der Waals surface area contributed by atoms with E-state index in [-0.39, 0.29) is 40.9 Å². The largest absolute Gasteiger partial charge is 0.336 e. The van der Waals surface area contributed by atoms with Crippen molar-refractivity contribution in [2.45, 2.75) is 117 Å². The first kappa shape index (κ1) is 31.9. The summed E-state index contributed by atoms with van der Waals surface area (Å²) < 4.78 is 28.9. The maximum absolute atomic E-state index is 15.1. The fourth-order valence-corrected chi connectivity index (χ4v) is 7.20. The number of likely N-dealkylation sites (tertiary alicyclic amines) is 2. The summed E-state index contributed by atoms with van der Waals surface area (Å²) in [5.74, 6) is -2.03. The van der Waals surface area contributed by atoms with Crippen molar-refractivity contribution in [3.63, 3.8) is 0 Å². The summed E-state index contributed by atoms with van der Waals surface area (Å²) in [6.07, 6.45) is 4.70. The van der Waals surface area contributed by atoms with Crippen LogP contribution in [0.2, 0.25) is 0 Å². The number of hydrogen-bond acceptors (Lipinski definition) is 4. The first-order valence-electron chi connectivity index (χ1n) is 15.5. The number of nitrogens with two attached hydrogens (primary N) is 1.